The number of alkyl carbamates (subject to hydrolysis) is 1. The summed E-state index contributed by atoms with van der Waals surface area (Å²) in [7, 11) is 0. The SMILES string of the molecule is CC(C)(C)OC(=O)NCCCC(=O)Nc1ccc2c(-c3ccncc3)c(-c3ccc(F)cc3)[nH]c2n1. The van der Waals surface area contributed by atoms with Crippen molar-refractivity contribution >= 4 is 28.9 Å². The van der Waals surface area contributed by atoms with Crippen molar-refractivity contribution in [1.29, 1.82) is 0 Å². The van der Waals surface area contributed by atoms with Gasteiger partial charge in [-0.2, -0.15) is 0 Å². The quantitative estimate of drug-likeness (QED) is 0.290. The fourth-order valence-corrected chi connectivity index (χ4v) is 3.75. The number of hydrogen-bond donors (Lipinski definition) is 3. The molecule has 3 N–H and O–H groups in total. The van der Waals surface area contributed by atoms with Crippen LogP contribution < -0.4 is 10.6 Å². The van der Waals surface area contributed by atoms with Crippen molar-refractivity contribution in [3.8, 4) is 22.4 Å². The Labute approximate surface area is 208 Å². The summed E-state index contributed by atoms with van der Waals surface area (Å²) in [4.78, 5) is 36.1. The summed E-state index contributed by atoms with van der Waals surface area (Å²) in [6.07, 6.45) is 3.58. The first-order valence-electron chi connectivity index (χ1n) is 11.7. The van der Waals surface area contributed by atoms with Gasteiger partial charge in [0, 0.05) is 36.3 Å². The molecule has 0 aliphatic heterocycles. The van der Waals surface area contributed by atoms with Crippen LogP contribution in [0.1, 0.15) is 33.6 Å². The molecule has 0 aliphatic carbocycles. The summed E-state index contributed by atoms with van der Waals surface area (Å²) in [6, 6.07) is 13.7. The van der Waals surface area contributed by atoms with Gasteiger partial charge in [-0.1, -0.05) is 0 Å². The third-order valence-electron chi connectivity index (χ3n) is 5.28. The summed E-state index contributed by atoms with van der Waals surface area (Å²) in [5, 5.41) is 6.30. The van der Waals surface area contributed by atoms with Crippen molar-refractivity contribution < 1.29 is 18.7 Å². The zero-order valence-electron chi connectivity index (χ0n) is 20.4. The lowest BCUT2D eigenvalue weighted by Gasteiger charge is -2.19. The summed E-state index contributed by atoms with van der Waals surface area (Å²) < 4.78 is 18.7. The van der Waals surface area contributed by atoms with Gasteiger partial charge in [-0.05, 0) is 86.8 Å². The number of nitrogens with zero attached hydrogens (tertiary/aromatic N) is 2. The van der Waals surface area contributed by atoms with Crippen molar-refractivity contribution in [3.63, 3.8) is 0 Å². The van der Waals surface area contributed by atoms with E-state index in [0.29, 0.717) is 24.4 Å². The van der Waals surface area contributed by atoms with Crippen molar-refractivity contribution in [2.45, 2.75) is 39.2 Å². The second-order valence-corrected chi connectivity index (χ2v) is 9.29. The van der Waals surface area contributed by atoms with E-state index in [9.17, 15) is 14.0 Å². The number of carbonyl (C=O) groups excluding carboxylic acids is 2. The molecule has 4 rings (SSSR count). The van der Waals surface area contributed by atoms with Crippen molar-refractivity contribution in [3.05, 3.63) is 66.7 Å². The van der Waals surface area contributed by atoms with Gasteiger partial charge in [0.2, 0.25) is 5.91 Å². The number of nitrogens with one attached hydrogen (secondary N) is 3. The van der Waals surface area contributed by atoms with Gasteiger partial charge in [0.15, 0.2) is 0 Å². The number of pyridine rings is 2. The van der Waals surface area contributed by atoms with E-state index >= 15 is 0 Å². The Morgan fingerprint density at radius 3 is 2.42 bits per heavy atom. The van der Waals surface area contributed by atoms with Crippen LogP contribution in [-0.2, 0) is 9.53 Å². The number of hydrogen-bond acceptors (Lipinski definition) is 5. The molecule has 9 heteroatoms. The topological polar surface area (TPSA) is 109 Å². The average Bonchev–Trinajstić information content (AvgIpc) is 3.20. The predicted octanol–water partition coefficient (Wildman–Crippen LogP) is 5.67. The van der Waals surface area contributed by atoms with Gasteiger partial charge in [-0.15, -0.1) is 0 Å². The molecule has 3 aromatic heterocycles. The molecule has 0 saturated carbocycles. The molecule has 36 heavy (non-hydrogen) atoms. The summed E-state index contributed by atoms with van der Waals surface area (Å²) in [5.74, 6) is -0.127. The highest BCUT2D eigenvalue weighted by molar-refractivity contribution is 6.03. The Bertz CT molecular complexity index is 1360. The second-order valence-electron chi connectivity index (χ2n) is 9.29. The molecule has 0 fully saturated rings. The standard InChI is InChI=1S/C27H28FN5O3/c1-27(2,3)36-26(35)30-14-4-5-22(34)31-21-11-10-20-23(17-12-15-29-16-13-17)24(33-25(20)32-21)18-6-8-19(28)9-7-18/h6-13,15-16H,4-5,14H2,1-3H3,(H,30,35)(H2,31,32,33,34). The number of ether oxygens (including phenoxy) is 1. The fourth-order valence-electron chi connectivity index (χ4n) is 3.75. The molecule has 186 valence electrons. The number of aromatic nitrogens is 3. The number of H-pyrrole nitrogens is 1. The van der Waals surface area contributed by atoms with Gasteiger partial charge in [-0.25, -0.2) is 14.2 Å². The van der Waals surface area contributed by atoms with Gasteiger partial charge in [0.25, 0.3) is 0 Å². The number of halogens is 1. The lowest BCUT2D eigenvalue weighted by molar-refractivity contribution is -0.116. The number of carbonyl (C=O) groups is 2. The Morgan fingerprint density at radius 2 is 1.72 bits per heavy atom. The first kappa shape index (κ1) is 24.8. The van der Waals surface area contributed by atoms with Crippen LogP contribution in [0.15, 0.2) is 60.9 Å². The number of rotatable bonds is 7. The van der Waals surface area contributed by atoms with Crippen LogP contribution in [-0.4, -0.2) is 39.1 Å². The van der Waals surface area contributed by atoms with E-state index in [0.717, 1.165) is 27.8 Å². The number of amides is 2. The Kier molecular flexibility index (Phi) is 7.28. The fraction of sp³-hybridized carbons (Fsp3) is 0.259. The third-order valence-corrected chi connectivity index (χ3v) is 5.28. The van der Waals surface area contributed by atoms with E-state index in [2.05, 4.69) is 25.6 Å². The van der Waals surface area contributed by atoms with Crippen LogP contribution in [0.5, 0.6) is 0 Å². The van der Waals surface area contributed by atoms with E-state index in [1.807, 2.05) is 18.2 Å². The third kappa shape index (κ3) is 6.24. The van der Waals surface area contributed by atoms with E-state index in [4.69, 9.17) is 4.74 Å². The van der Waals surface area contributed by atoms with Crippen LogP contribution in [0.3, 0.4) is 0 Å². The van der Waals surface area contributed by atoms with Crippen LogP contribution in [0, 0.1) is 5.82 Å². The summed E-state index contributed by atoms with van der Waals surface area (Å²) in [6.45, 7) is 5.69. The van der Waals surface area contributed by atoms with Crippen LogP contribution >= 0.6 is 0 Å². The Hall–Kier alpha value is -4.27. The highest BCUT2D eigenvalue weighted by atomic mass is 19.1. The summed E-state index contributed by atoms with van der Waals surface area (Å²) in [5.41, 5.74) is 3.47. The monoisotopic (exact) mass is 489 g/mol. The first-order valence-corrected chi connectivity index (χ1v) is 11.7. The highest BCUT2D eigenvalue weighted by Crippen LogP contribution is 2.38. The van der Waals surface area contributed by atoms with Crippen LogP contribution in [0.2, 0.25) is 0 Å². The van der Waals surface area contributed by atoms with Gasteiger partial charge < -0.3 is 20.4 Å². The summed E-state index contributed by atoms with van der Waals surface area (Å²) >= 11 is 0. The van der Waals surface area contributed by atoms with E-state index in [1.165, 1.54) is 12.1 Å². The average molecular weight is 490 g/mol. The van der Waals surface area contributed by atoms with Gasteiger partial charge in [0.05, 0.1) is 5.69 Å². The van der Waals surface area contributed by atoms with Gasteiger partial charge in [0.1, 0.15) is 22.9 Å². The van der Waals surface area contributed by atoms with E-state index in [1.54, 1.807) is 51.4 Å². The lowest BCUT2D eigenvalue weighted by Crippen LogP contribution is -2.33. The second kappa shape index (κ2) is 10.6. The molecule has 0 saturated heterocycles. The largest absolute Gasteiger partial charge is 0.444 e. The molecule has 0 aliphatic rings. The first-order chi connectivity index (χ1) is 17.2. The molecule has 0 radical (unpaired) electrons. The molecule has 0 unspecified atom stereocenters. The number of benzene rings is 1. The lowest BCUT2D eigenvalue weighted by atomic mass is 10.00. The molecule has 1 aromatic carbocycles. The number of aromatic amines is 1. The van der Waals surface area contributed by atoms with Crippen LogP contribution in [0.4, 0.5) is 15.0 Å². The molecule has 4 aromatic rings. The molecule has 0 atom stereocenters. The van der Waals surface area contributed by atoms with Crippen LogP contribution in [0.25, 0.3) is 33.4 Å². The normalized spacial score (nSPS) is 11.3. The molecule has 3 heterocycles. The maximum Gasteiger partial charge on any atom is 0.407 e. The predicted molar refractivity (Wildman–Crippen MR) is 137 cm³/mol. The van der Waals surface area contributed by atoms with Gasteiger partial charge in [-0.3, -0.25) is 9.78 Å². The number of fused-ring (bicyclic) bond motifs is 1. The molecule has 0 spiro atoms. The minimum atomic E-state index is -0.572. The maximum atomic E-state index is 13.5. The molecular formula is C27H28FN5O3. The zero-order valence-corrected chi connectivity index (χ0v) is 20.4. The Balaban J connectivity index is 1.49. The molecular weight excluding hydrogens is 461 g/mol. The van der Waals surface area contributed by atoms with E-state index in [-0.39, 0.29) is 18.1 Å². The van der Waals surface area contributed by atoms with E-state index < -0.39 is 11.7 Å². The highest BCUT2D eigenvalue weighted by Gasteiger charge is 2.18. The minimum Gasteiger partial charge on any atom is -0.444 e. The van der Waals surface area contributed by atoms with Crippen molar-refractivity contribution in [1.82, 2.24) is 20.3 Å². The Morgan fingerprint density at radius 1 is 1.00 bits per heavy atom. The molecule has 2 amide bonds. The van der Waals surface area contributed by atoms with Crippen molar-refractivity contribution in [2.24, 2.45) is 0 Å². The van der Waals surface area contributed by atoms with Crippen molar-refractivity contribution in [2.75, 3.05) is 11.9 Å². The zero-order chi connectivity index (χ0) is 25.7. The molecule has 0 bridgehead atoms. The maximum absolute atomic E-state index is 13.5. The molecule has 8 nitrogen and oxygen atoms in total. The number of anilines is 1. The smallest absolute Gasteiger partial charge is 0.407 e. The minimum absolute atomic E-state index is 0.212. The van der Waals surface area contributed by atoms with Gasteiger partial charge >= 0.3 is 6.09 Å².